The summed E-state index contributed by atoms with van der Waals surface area (Å²) in [5.41, 5.74) is 1.15. The van der Waals surface area contributed by atoms with Crippen molar-refractivity contribution in [3.63, 3.8) is 0 Å². The van der Waals surface area contributed by atoms with Gasteiger partial charge >= 0.3 is 0 Å². The number of nitrogens with zero attached hydrogens (tertiary/aromatic N) is 1. The first-order valence-corrected chi connectivity index (χ1v) is 6.20. The van der Waals surface area contributed by atoms with Crippen LogP contribution in [0.5, 0.6) is 5.75 Å². The predicted molar refractivity (Wildman–Crippen MR) is 70.3 cm³/mol. The largest absolute Gasteiger partial charge is 0.508 e. The van der Waals surface area contributed by atoms with E-state index in [2.05, 4.69) is 22.4 Å². The average molecular weight is 232 g/mol. The summed E-state index contributed by atoms with van der Waals surface area (Å²) in [5, 5.41) is 12.7. The van der Waals surface area contributed by atoms with Crippen LogP contribution in [0.15, 0.2) is 36.4 Å². The maximum atomic E-state index is 9.33. The van der Waals surface area contributed by atoms with Crippen LogP contribution in [0.4, 0.5) is 0 Å². The highest BCUT2D eigenvalue weighted by Gasteiger charge is 2.06. The van der Waals surface area contributed by atoms with Crippen molar-refractivity contribution in [1.29, 1.82) is 0 Å². The lowest BCUT2D eigenvalue weighted by atomic mass is 10.1. The molecule has 0 saturated carbocycles. The van der Waals surface area contributed by atoms with Gasteiger partial charge in [-0.05, 0) is 24.1 Å². The van der Waals surface area contributed by atoms with Gasteiger partial charge in [-0.2, -0.15) is 0 Å². The third-order valence-electron chi connectivity index (χ3n) is 3.00. The molecule has 0 spiro atoms. The maximum absolute atomic E-state index is 9.33. The van der Waals surface area contributed by atoms with E-state index in [1.54, 1.807) is 6.07 Å². The van der Waals surface area contributed by atoms with Crippen LogP contribution in [0.25, 0.3) is 0 Å². The molecule has 3 heteroatoms. The molecule has 2 N–H and O–H groups in total. The molecule has 1 aliphatic heterocycles. The van der Waals surface area contributed by atoms with Crippen LogP contribution in [0.3, 0.4) is 0 Å². The molecule has 1 aromatic rings. The van der Waals surface area contributed by atoms with Crippen LogP contribution < -0.4 is 5.32 Å². The molecule has 92 valence electrons. The summed E-state index contributed by atoms with van der Waals surface area (Å²) in [7, 11) is 0. The van der Waals surface area contributed by atoms with E-state index >= 15 is 0 Å². The number of hydrogen-bond donors (Lipinski definition) is 2. The summed E-state index contributed by atoms with van der Waals surface area (Å²) in [6.45, 7) is 5.49. The Hall–Kier alpha value is -1.32. The lowest BCUT2D eigenvalue weighted by molar-refractivity contribution is 0.264. The van der Waals surface area contributed by atoms with E-state index in [0.717, 1.165) is 44.7 Å². The lowest BCUT2D eigenvalue weighted by Gasteiger charge is -2.25. The summed E-state index contributed by atoms with van der Waals surface area (Å²) in [5.74, 6) is 0.345. The molecule has 1 saturated heterocycles. The predicted octanol–water partition coefficient (Wildman–Crippen LogP) is 1.40. The first-order valence-electron chi connectivity index (χ1n) is 6.20. The minimum Gasteiger partial charge on any atom is -0.508 e. The molecule has 0 aromatic heterocycles. The van der Waals surface area contributed by atoms with Gasteiger partial charge in [-0.15, -0.1) is 0 Å². The summed E-state index contributed by atoms with van der Waals surface area (Å²) in [4.78, 5) is 2.44. The summed E-state index contributed by atoms with van der Waals surface area (Å²) in [6, 6.07) is 7.44. The van der Waals surface area contributed by atoms with Gasteiger partial charge in [0, 0.05) is 32.7 Å². The van der Waals surface area contributed by atoms with E-state index < -0.39 is 0 Å². The number of phenolic OH excluding ortho intramolecular Hbond substituents is 1. The van der Waals surface area contributed by atoms with Gasteiger partial charge in [0.15, 0.2) is 0 Å². The molecule has 0 atom stereocenters. The first-order chi connectivity index (χ1) is 8.34. The van der Waals surface area contributed by atoms with E-state index in [0.29, 0.717) is 5.75 Å². The Morgan fingerprint density at radius 1 is 1.24 bits per heavy atom. The number of aromatic hydroxyl groups is 1. The Bertz CT molecular complexity index is 370. The van der Waals surface area contributed by atoms with Crippen molar-refractivity contribution in [1.82, 2.24) is 10.2 Å². The normalized spacial score (nSPS) is 17.6. The van der Waals surface area contributed by atoms with Crippen molar-refractivity contribution in [2.45, 2.75) is 6.42 Å². The quantitative estimate of drug-likeness (QED) is 0.770. The highest BCUT2D eigenvalue weighted by Crippen LogP contribution is 2.11. The van der Waals surface area contributed by atoms with E-state index in [9.17, 15) is 5.11 Å². The number of hydrogen-bond acceptors (Lipinski definition) is 3. The molecular weight excluding hydrogens is 212 g/mol. The molecule has 0 amide bonds. The number of allylic oxidation sites excluding steroid dienone is 1. The van der Waals surface area contributed by atoms with Gasteiger partial charge in [0.05, 0.1) is 0 Å². The van der Waals surface area contributed by atoms with Crippen LogP contribution in [0.2, 0.25) is 0 Å². The van der Waals surface area contributed by atoms with Crippen LogP contribution in [0.1, 0.15) is 5.56 Å². The first kappa shape index (κ1) is 12.1. The van der Waals surface area contributed by atoms with Gasteiger partial charge < -0.3 is 10.4 Å². The molecule has 0 radical (unpaired) electrons. The van der Waals surface area contributed by atoms with Gasteiger partial charge in [-0.25, -0.2) is 0 Å². The van der Waals surface area contributed by atoms with E-state index in [4.69, 9.17) is 0 Å². The Morgan fingerprint density at radius 3 is 2.82 bits per heavy atom. The molecule has 1 fully saturated rings. The molecule has 0 unspecified atom stereocenters. The SMILES string of the molecule is Oc1cccc(C/C=C\CN2CCNCC2)c1. The molecule has 3 nitrogen and oxygen atoms in total. The fourth-order valence-corrected chi connectivity index (χ4v) is 2.02. The molecule has 0 aliphatic carbocycles. The van der Waals surface area contributed by atoms with Crippen molar-refractivity contribution in [2.24, 2.45) is 0 Å². The smallest absolute Gasteiger partial charge is 0.115 e. The van der Waals surface area contributed by atoms with Crippen LogP contribution in [0, 0.1) is 0 Å². The number of rotatable bonds is 4. The fourth-order valence-electron chi connectivity index (χ4n) is 2.02. The van der Waals surface area contributed by atoms with Crippen molar-refractivity contribution in [3.8, 4) is 5.75 Å². The summed E-state index contributed by atoms with van der Waals surface area (Å²) in [6.07, 6.45) is 5.28. The minimum atomic E-state index is 0.345. The molecule has 1 aromatic carbocycles. The summed E-state index contributed by atoms with van der Waals surface area (Å²) < 4.78 is 0. The fraction of sp³-hybridized carbons (Fsp3) is 0.429. The standard InChI is InChI=1S/C14H20N2O/c17-14-6-3-5-13(12-14)4-1-2-9-16-10-7-15-8-11-16/h1-3,5-6,12,15,17H,4,7-11H2/b2-1-. The third kappa shape index (κ3) is 4.21. The van der Waals surface area contributed by atoms with Crippen LogP contribution >= 0.6 is 0 Å². The van der Waals surface area contributed by atoms with Crippen molar-refractivity contribution >= 4 is 0 Å². The molecule has 17 heavy (non-hydrogen) atoms. The highest BCUT2D eigenvalue weighted by molar-refractivity contribution is 5.28. The number of phenols is 1. The average Bonchev–Trinajstić information content (AvgIpc) is 2.36. The van der Waals surface area contributed by atoms with Crippen molar-refractivity contribution in [3.05, 3.63) is 42.0 Å². The van der Waals surface area contributed by atoms with Gasteiger partial charge in [0.2, 0.25) is 0 Å². The topological polar surface area (TPSA) is 35.5 Å². The van der Waals surface area contributed by atoms with Crippen molar-refractivity contribution in [2.75, 3.05) is 32.7 Å². The third-order valence-corrected chi connectivity index (χ3v) is 3.00. The zero-order chi connectivity index (χ0) is 11.9. The molecule has 0 bridgehead atoms. The Balaban J connectivity index is 1.73. The highest BCUT2D eigenvalue weighted by atomic mass is 16.3. The van der Waals surface area contributed by atoms with Crippen LogP contribution in [-0.2, 0) is 6.42 Å². The number of nitrogens with one attached hydrogen (secondary N) is 1. The molecule has 1 heterocycles. The summed E-state index contributed by atoms with van der Waals surface area (Å²) >= 11 is 0. The van der Waals surface area contributed by atoms with Gasteiger partial charge in [-0.1, -0.05) is 24.3 Å². The van der Waals surface area contributed by atoms with Gasteiger partial charge in [0.1, 0.15) is 5.75 Å². The lowest BCUT2D eigenvalue weighted by Crippen LogP contribution is -2.43. The zero-order valence-electron chi connectivity index (χ0n) is 10.1. The number of benzene rings is 1. The monoisotopic (exact) mass is 232 g/mol. The van der Waals surface area contributed by atoms with Gasteiger partial charge in [-0.3, -0.25) is 4.90 Å². The Kier molecular flexibility index (Phi) is 4.59. The number of piperazine rings is 1. The van der Waals surface area contributed by atoms with Gasteiger partial charge in [0.25, 0.3) is 0 Å². The second kappa shape index (κ2) is 6.42. The Morgan fingerprint density at radius 2 is 2.06 bits per heavy atom. The van der Waals surface area contributed by atoms with Crippen molar-refractivity contribution < 1.29 is 5.11 Å². The van der Waals surface area contributed by atoms with Crippen LogP contribution in [-0.4, -0.2) is 42.7 Å². The Labute approximate surface area is 103 Å². The molecular formula is C14H20N2O. The second-order valence-corrected chi connectivity index (χ2v) is 4.40. The molecule has 1 aliphatic rings. The molecule has 2 rings (SSSR count). The second-order valence-electron chi connectivity index (χ2n) is 4.40. The van der Waals surface area contributed by atoms with E-state index in [1.165, 1.54) is 0 Å². The van der Waals surface area contributed by atoms with E-state index in [1.807, 2.05) is 18.2 Å². The minimum absolute atomic E-state index is 0.345. The zero-order valence-corrected chi connectivity index (χ0v) is 10.1. The maximum Gasteiger partial charge on any atom is 0.115 e. The van der Waals surface area contributed by atoms with E-state index in [-0.39, 0.29) is 0 Å².